The number of nitrogens with zero attached hydrogens (tertiary/aromatic N) is 3. The standard InChI is InChI=1S/C31H23Br2ClN4O6S/c32-25-12-22-13-28(31(39)36-45(42,43)23-10-11-26(34)27(14-23)38(40)41)37(16-20-8-6-19(15-35)7-9-20)17-24(22)29(33)30(25)44-18-21-4-2-1-3-5-21/h1-12,14,28H,13,16-18H2,(H,36,39)/t28-/m0/s1. The second kappa shape index (κ2) is 13.7. The van der Waals surface area contributed by atoms with Gasteiger partial charge in [0.15, 0.2) is 0 Å². The summed E-state index contributed by atoms with van der Waals surface area (Å²) in [6.07, 6.45) is 0.157. The highest BCUT2D eigenvalue weighted by Gasteiger charge is 2.36. The summed E-state index contributed by atoms with van der Waals surface area (Å²) < 4.78 is 36.1. The fourth-order valence-corrected chi connectivity index (χ4v) is 7.74. The van der Waals surface area contributed by atoms with Crippen molar-refractivity contribution in [1.29, 1.82) is 5.26 Å². The van der Waals surface area contributed by atoms with Crippen LogP contribution in [0.3, 0.4) is 0 Å². The van der Waals surface area contributed by atoms with E-state index in [-0.39, 0.29) is 24.5 Å². The quantitative estimate of drug-likeness (QED) is 0.147. The van der Waals surface area contributed by atoms with Crippen LogP contribution in [0, 0.1) is 21.4 Å². The molecule has 1 aliphatic heterocycles. The molecule has 1 heterocycles. The molecule has 0 unspecified atom stereocenters. The molecule has 0 saturated carbocycles. The predicted octanol–water partition coefficient (Wildman–Crippen LogP) is 6.66. The van der Waals surface area contributed by atoms with Crippen molar-refractivity contribution in [2.75, 3.05) is 0 Å². The molecule has 45 heavy (non-hydrogen) atoms. The lowest BCUT2D eigenvalue weighted by Crippen LogP contribution is -2.51. The number of fused-ring (bicyclic) bond motifs is 1. The Morgan fingerprint density at radius 3 is 2.47 bits per heavy atom. The number of nitriles is 1. The number of halogens is 3. The number of nitro benzene ring substituents is 1. The number of hydrogen-bond acceptors (Lipinski definition) is 8. The van der Waals surface area contributed by atoms with Crippen molar-refractivity contribution in [3.8, 4) is 11.8 Å². The first-order valence-electron chi connectivity index (χ1n) is 13.4. The molecule has 0 radical (unpaired) electrons. The number of ether oxygens (including phenoxy) is 1. The Morgan fingerprint density at radius 2 is 1.80 bits per heavy atom. The van der Waals surface area contributed by atoms with Gasteiger partial charge in [-0.3, -0.25) is 19.8 Å². The fraction of sp³-hybridized carbons (Fsp3) is 0.161. The molecule has 0 fully saturated rings. The Labute approximate surface area is 281 Å². The van der Waals surface area contributed by atoms with Gasteiger partial charge in [-0.25, -0.2) is 13.1 Å². The summed E-state index contributed by atoms with van der Waals surface area (Å²) in [5.74, 6) is -0.214. The molecule has 10 nitrogen and oxygen atoms in total. The van der Waals surface area contributed by atoms with Crippen LogP contribution in [0.15, 0.2) is 92.7 Å². The number of carbonyl (C=O) groups excluding carboxylic acids is 1. The number of amides is 1. The van der Waals surface area contributed by atoms with Gasteiger partial charge in [0.25, 0.3) is 21.6 Å². The van der Waals surface area contributed by atoms with E-state index in [2.05, 4.69) is 42.7 Å². The lowest BCUT2D eigenvalue weighted by atomic mass is 9.92. The highest BCUT2D eigenvalue weighted by molar-refractivity contribution is 9.11. The Morgan fingerprint density at radius 1 is 1.09 bits per heavy atom. The van der Waals surface area contributed by atoms with E-state index in [0.29, 0.717) is 26.9 Å². The number of carbonyl (C=O) groups is 1. The minimum Gasteiger partial charge on any atom is -0.487 e. The van der Waals surface area contributed by atoms with Gasteiger partial charge in [-0.2, -0.15) is 5.26 Å². The van der Waals surface area contributed by atoms with Gasteiger partial charge in [0, 0.05) is 19.2 Å². The topological polar surface area (TPSA) is 143 Å². The Balaban J connectivity index is 1.47. The molecule has 0 aliphatic carbocycles. The fourth-order valence-electron chi connectivity index (χ4n) is 4.96. The summed E-state index contributed by atoms with van der Waals surface area (Å²) in [4.78, 5) is 25.6. The largest absolute Gasteiger partial charge is 0.487 e. The average Bonchev–Trinajstić information content (AvgIpc) is 3.01. The molecule has 1 N–H and O–H groups in total. The summed E-state index contributed by atoms with van der Waals surface area (Å²) in [5.41, 5.74) is 3.35. The van der Waals surface area contributed by atoms with E-state index in [4.69, 9.17) is 16.3 Å². The monoisotopic (exact) mass is 772 g/mol. The minimum absolute atomic E-state index is 0.157. The van der Waals surface area contributed by atoms with E-state index in [1.165, 1.54) is 0 Å². The number of sulfonamides is 1. The van der Waals surface area contributed by atoms with Gasteiger partial charge in [-0.15, -0.1) is 0 Å². The SMILES string of the molecule is N#Cc1ccc(CN2Cc3c(cc(Br)c(OCc4ccccc4)c3Br)C[C@H]2C(=O)NS(=O)(=O)c2ccc(Cl)c([N+](=O)[O-])c2)cc1. The van der Waals surface area contributed by atoms with Crippen molar-refractivity contribution in [2.45, 2.75) is 37.1 Å². The van der Waals surface area contributed by atoms with E-state index in [0.717, 1.165) is 40.5 Å². The van der Waals surface area contributed by atoms with Crippen molar-refractivity contribution in [3.63, 3.8) is 0 Å². The normalized spacial score (nSPS) is 14.7. The molecular weight excluding hydrogens is 752 g/mol. The molecule has 0 spiro atoms. The van der Waals surface area contributed by atoms with Crippen LogP contribution in [-0.2, 0) is 40.9 Å². The van der Waals surface area contributed by atoms with Crippen LogP contribution in [0.5, 0.6) is 5.75 Å². The van der Waals surface area contributed by atoms with Gasteiger partial charge in [0.1, 0.15) is 17.4 Å². The van der Waals surface area contributed by atoms with Crippen molar-refractivity contribution < 1.29 is 22.9 Å². The molecule has 0 bridgehead atoms. The maximum absolute atomic E-state index is 13.7. The molecule has 1 amide bonds. The highest BCUT2D eigenvalue weighted by Crippen LogP contribution is 2.42. The zero-order valence-electron chi connectivity index (χ0n) is 23.2. The number of nitro groups is 1. The Bertz CT molecular complexity index is 1940. The maximum atomic E-state index is 13.7. The van der Waals surface area contributed by atoms with E-state index in [1.807, 2.05) is 41.3 Å². The molecule has 4 aromatic carbocycles. The zero-order chi connectivity index (χ0) is 32.3. The van der Waals surface area contributed by atoms with Crippen LogP contribution in [0.1, 0.15) is 27.8 Å². The van der Waals surface area contributed by atoms with Crippen LogP contribution in [-0.4, -0.2) is 30.2 Å². The molecule has 1 atom stereocenters. The Hall–Kier alpha value is -3.80. The molecule has 5 rings (SSSR count). The van der Waals surface area contributed by atoms with Crippen LogP contribution >= 0.6 is 43.5 Å². The van der Waals surface area contributed by atoms with Gasteiger partial charge < -0.3 is 4.74 Å². The first kappa shape index (κ1) is 32.6. The molecule has 1 aliphatic rings. The van der Waals surface area contributed by atoms with Gasteiger partial charge in [0.2, 0.25) is 0 Å². The highest BCUT2D eigenvalue weighted by atomic mass is 79.9. The lowest BCUT2D eigenvalue weighted by molar-refractivity contribution is -0.384. The molecule has 14 heteroatoms. The summed E-state index contributed by atoms with van der Waals surface area (Å²) in [5, 5.41) is 20.3. The first-order chi connectivity index (χ1) is 21.5. The van der Waals surface area contributed by atoms with Crippen molar-refractivity contribution in [2.24, 2.45) is 0 Å². The van der Waals surface area contributed by atoms with Gasteiger partial charge in [-0.1, -0.05) is 54.1 Å². The molecule has 0 aromatic heterocycles. The Kier molecular flexibility index (Phi) is 9.91. The second-order valence-corrected chi connectivity index (χ2v) is 13.9. The van der Waals surface area contributed by atoms with Crippen molar-refractivity contribution >= 4 is 65.1 Å². The zero-order valence-corrected chi connectivity index (χ0v) is 28.0. The third-order valence-electron chi connectivity index (χ3n) is 7.24. The maximum Gasteiger partial charge on any atom is 0.289 e. The first-order valence-corrected chi connectivity index (χ1v) is 16.8. The lowest BCUT2D eigenvalue weighted by Gasteiger charge is -2.37. The molecular formula is C31H23Br2ClN4O6S. The van der Waals surface area contributed by atoms with Gasteiger partial charge >= 0.3 is 0 Å². The number of benzene rings is 4. The summed E-state index contributed by atoms with van der Waals surface area (Å²) >= 11 is 13.1. The second-order valence-electron chi connectivity index (χ2n) is 10.2. The van der Waals surface area contributed by atoms with Crippen LogP contribution < -0.4 is 9.46 Å². The van der Waals surface area contributed by atoms with E-state index in [9.17, 15) is 28.6 Å². The van der Waals surface area contributed by atoms with E-state index in [1.54, 1.807) is 24.3 Å². The molecule has 0 saturated heterocycles. The van der Waals surface area contributed by atoms with Gasteiger partial charge in [-0.05, 0) is 90.9 Å². The predicted molar refractivity (Wildman–Crippen MR) is 174 cm³/mol. The van der Waals surface area contributed by atoms with Crippen LogP contribution in [0.4, 0.5) is 5.69 Å². The van der Waals surface area contributed by atoms with Crippen LogP contribution in [0.25, 0.3) is 0 Å². The average molecular weight is 775 g/mol. The van der Waals surface area contributed by atoms with Crippen LogP contribution in [0.2, 0.25) is 5.02 Å². The van der Waals surface area contributed by atoms with Crippen molar-refractivity contribution in [3.05, 3.63) is 131 Å². The third kappa shape index (κ3) is 7.37. The van der Waals surface area contributed by atoms with E-state index >= 15 is 0 Å². The number of nitrogens with one attached hydrogen (secondary N) is 1. The van der Waals surface area contributed by atoms with Crippen molar-refractivity contribution in [1.82, 2.24) is 9.62 Å². The summed E-state index contributed by atoms with van der Waals surface area (Å²) in [6.45, 7) is 0.853. The smallest absolute Gasteiger partial charge is 0.289 e. The minimum atomic E-state index is -4.48. The molecule has 4 aromatic rings. The molecule has 230 valence electrons. The van der Waals surface area contributed by atoms with Gasteiger partial charge in [0.05, 0.1) is 36.4 Å². The third-order valence-corrected chi connectivity index (χ3v) is 10.3. The number of rotatable bonds is 9. The summed E-state index contributed by atoms with van der Waals surface area (Å²) in [7, 11) is -4.48. The summed E-state index contributed by atoms with van der Waals surface area (Å²) in [6, 6.07) is 22.6. The number of hydrogen-bond donors (Lipinski definition) is 1. The van der Waals surface area contributed by atoms with E-state index < -0.39 is 37.5 Å².